The van der Waals surface area contributed by atoms with Crippen LogP contribution in [0, 0.1) is 0 Å². The van der Waals surface area contributed by atoms with Gasteiger partial charge in [0.25, 0.3) is 0 Å². The van der Waals surface area contributed by atoms with Crippen LogP contribution in [-0.2, 0) is 16.1 Å². The highest BCUT2D eigenvalue weighted by molar-refractivity contribution is 5.30. The minimum absolute atomic E-state index is 0.0676. The smallest absolute Gasteiger partial charge is 0.0777 e. The second-order valence-corrected chi connectivity index (χ2v) is 6.11. The first kappa shape index (κ1) is 16.4. The average Bonchev–Trinajstić information content (AvgIpc) is 2.50. The van der Waals surface area contributed by atoms with Crippen molar-refractivity contribution in [2.24, 2.45) is 5.73 Å². The lowest BCUT2D eigenvalue weighted by molar-refractivity contribution is -0.0609. The number of hydrogen-bond donors (Lipinski definition) is 1. The van der Waals surface area contributed by atoms with E-state index in [0.29, 0.717) is 13.2 Å². The van der Waals surface area contributed by atoms with Crippen LogP contribution in [0.25, 0.3) is 0 Å². The monoisotopic (exact) mass is 292 g/mol. The van der Waals surface area contributed by atoms with E-state index in [2.05, 4.69) is 36.1 Å². The zero-order chi connectivity index (χ0) is 15.3. The molecular formula is C17H28N2O2. The van der Waals surface area contributed by atoms with Gasteiger partial charge >= 0.3 is 0 Å². The van der Waals surface area contributed by atoms with Gasteiger partial charge in [-0.1, -0.05) is 24.3 Å². The highest BCUT2D eigenvalue weighted by atomic mass is 16.5. The molecule has 1 aromatic carbocycles. The number of ether oxygens (including phenoxy) is 2. The molecule has 1 fully saturated rings. The maximum absolute atomic E-state index is 6.11. The summed E-state index contributed by atoms with van der Waals surface area (Å²) in [5.41, 5.74) is 8.54. The fourth-order valence-corrected chi connectivity index (χ4v) is 3.30. The van der Waals surface area contributed by atoms with E-state index in [1.165, 1.54) is 11.1 Å². The van der Waals surface area contributed by atoms with Crippen LogP contribution in [0.5, 0.6) is 0 Å². The molecule has 0 radical (unpaired) electrons. The standard InChI is InChI=1S/C17H28N2O2/c1-17(21-3)9-6-10-19(13-17)16(11-18)15-8-5-4-7-14(15)12-20-2/h4-5,7-8,16H,6,9-13,18H2,1-3H3. The van der Waals surface area contributed by atoms with Gasteiger partial charge in [-0.2, -0.15) is 0 Å². The molecule has 0 spiro atoms. The van der Waals surface area contributed by atoms with Crippen LogP contribution in [0.15, 0.2) is 24.3 Å². The number of piperidine rings is 1. The Balaban J connectivity index is 2.23. The van der Waals surface area contributed by atoms with Crippen molar-refractivity contribution < 1.29 is 9.47 Å². The van der Waals surface area contributed by atoms with Gasteiger partial charge in [0.05, 0.1) is 12.2 Å². The van der Waals surface area contributed by atoms with Crippen molar-refractivity contribution in [2.75, 3.05) is 33.9 Å². The average molecular weight is 292 g/mol. The van der Waals surface area contributed by atoms with Crippen molar-refractivity contribution in [3.05, 3.63) is 35.4 Å². The SMILES string of the molecule is COCc1ccccc1C(CN)N1CCCC(C)(OC)C1. The third kappa shape index (κ3) is 3.83. The molecule has 0 amide bonds. The van der Waals surface area contributed by atoms with Crippen LogP contribution in [-0.4, -0.2) is 44.4 Å². The lowest BCUT2D eigenvalue weighted by Gasteiger charge is -2.43. The molecule has 1 aliphatic rings. The van der Waals surface area contributed by atoms with E-state index in [4.69, 9.17) is 15.2 Å². The first-order valence-electron chi connectivity index (χ1n) is 7.69. The summed E-state index contributed by atoms with van der Waals surface area (Å²) in [6.07, 6.45) is 2.25. The highest BCUT2D eigenvalue weighted by Crippen LogP contribution is 2.31. The summed E-state index contributed by atoms with van der Waals surface area (Å²) in [4.78, 5) is 2.46. The number of likely N-dealkylation sites (tertiary alicyclic amines) is 1. The summed E-state index contributed by atoms with van der Waals surface area (Å²) < 4.78 is 11.0. The van der Waals surface area contributed by atoms with Gasteiger partial charge in [0.2, 0.25) is 0 Å². The Hall–Kier alpha value is -0.940. The molecule has 2 atom stereocenters. The quantitative estimate of drug-likeness (QED) is 0.874. The van der Waals surface area contributed by atoms with E-state index < -0.39 is 0 Å². The van der Waals surface area contributed by atoms with Gasteiger partial charge < -0.3 is 15.2 Å². The highest BCUT2D eigenvalue weighted by Gasteiger charge is 2.34. The number of hydrogen-bond acceptors (Lipinski definition) is 4. The van der Waals surface area contributed by atoms with Gasteiger partial charge in [-0.15, -0.1) is 0 Å². The summed E-state index contributed by atoms with van der Waals surface area (Å²) in [7, 11) is 3.54. The summed E-state index contributed by atoms with van der Waals surface area (Å²) in [6.45, 7) is 5.42. The third-order valence-corrected chi connectivity index (χ3v) is 4.56. The van der Waals surface area contributed by atoms with Gasteiger partial charge in [-0.25, -0.2) is 0 Å². The minimum atomic E-state index is -0.0676. The predicted octanol–water partition coefficient (Wildman–Crippen LogP) is 2.33. The van der Waals surface area contributed by atoms with Gasteiger partial charge in [0, 0.05) is 33.4 Å². The van der Waals surface area contributed by atoms with Crippen LogP contribution in [0.1, 0.15) is 36.9 Å². The van der Waals surface area contributed by atoms with Gasteiger partial charge in [0.1, 0.15) is 0 Å². The number of nitrogens with zero attached hydrogens (tertiary/aromatic N) is 1. The van der Waals surface area contributed by atoms with Gasteiger partial charge in [-0.3, -0.25) is 4.90 Å². The van der Waals surface area contributed by atoms with E-state index in [1.807, 2.05) is 0 Å². The number of nitrogens with two attached hydrogens (primary N) is 1. The molecule has 2 rings (SSSR count). The maximum atomic E-state index is 6.11. The summed E-state index contributed by atoms with van der Waals surface area (Å²) in [6, 6.07) is 8.66. The van der Waals surface area contributed by atoms with Crippen molar-refractivity contribution in [3.63, 3.8) is 0 Å². The van der Waals surface area contributed by atoms with Crippen molar-refractivity contribution in [1.82, 2.24) is 4.90 Å². The van der Waals surface area contributed by atoms with E-state index in [1.54, 1.807) is 14.2 Å². The molecule has 1 heterocycles. The molecule has 0 aromatic heterocycles. The van der Waals surface area contributed by atoms with E-state index in [9.17, 15) is 0 Å². The second-order valence-electron chi connectivity index (χ2n) is 6.11. The van der Waals surface area contributed by atoms with Crippen LogP contribution in [0.2, 0.25) is 0 Å². The van der Waals surface area contributed by atoms with E-state index in [-0.39, 0.29) is 11.6 Å². The first-order chi connectivity index (χ1) is 10.1. The molecule has 1 saturated heterocycles. The molecular weight excluding hydrogens is 264 g/mol. The fraction of sp³-hybridized carbons (Fsp3) is 0.647. The number of rotatable bonds is 6. The van der Waals surface area contributed by atoms with Crippen molar-refractivity contribution in [1.29, 1.82) is 0 Å². The topological polar surface area (TPSA) is 47.7 Å². The molecule has 1 aliphatic heterocycles. The molecule has 2 unspecified atom stereocenters. The molecule has 4 nitrogen and oxygen atoms in total. The van der Waals surface area contributed by atoms with Crippen LogP contribution < -0.4 is 5.73 Å². The number of benzene rings is 1. The minimum Gasteiger partial charge on any atom is -0.380 e. The lowest BCUT2D eigenvalue weighted by atomic mass is 9.91. The summed E-state index contributed by atoms with van der Waals surface area (Å²) >= 11 is 0. The Kier molecular flexibility index (Phi) is 5.76. The zero-order valence-electron chi connectivity index (χ0n) is 13.5. The van der Waals surface area contributed by atoms with Crippen LogP contribution >= 0.6 is 0 Å². The fourth-order valence-electron chi connectivity index (χ4n) is 3.30. The molecule has 118 valence electrons. The summed E-state index contributed by atoms with van der Waals surface area (Å²) in [5.74, 6) is 0. The van der Waals surface area contributed by atoms with E-state index >= 15 is 0 Å². The normalized spacial score (nSPS) is 25.0. The molecule has 21 heavy (non-hydrogen) atoms. The lowest BCUT2D eigenvalue weighted by Crippen LogP contribution is -2.50. The molecule has 4 heteroatoms. The van der Waals surface area contributed by atoms with E-state index in [0.717, 1.165) is 25.9 Å². The van der Waals surface area contributed by atoms with Crippen molar-refractivity contribution >= 4 is 0 Å². The second kappa shape index (κ2) is 7.36. The maximum Gasteiger partial charge on any atom is 0.0777 e. The molecule has 0 bridgehead atoms. The molecule has 2 N–H and O–H groups in total. The predicted molar refractivity (Wildman–Crippen MR) is 85.2 cm³/mol. The first-order valence-corrected chi connectivity index (χ1v) is 7.69. The molecule has 0 aliphatic carbocycles. The van der Waals surface area contributed by atoms with Crippen molar-refractivity contribution in [2.45, 2.75) is 38.0 Å². The number of methoxy groups -OCH3 is 2. The Morgan fingerprint density at radius 3 is 2.76 bits per heavy atom. The van der Waals surface area contributed by atoms with Gasteiger partial charge in [-0.05, 0) is 37.4 Å². The Morgan fingerprint density at radius 2 is 2.10 bits per heavy atom. The van der Waals surface area contributed by atoms with Gasteiger partial charge in [0.15, 0.2) is 0 Å². The molecule has 0 saturated carbocycles. The largest absolute Gasteiger partial charge is 0.380 e. The summed E-state index contributed by atoms with van der Waals surface area (Å²) in [5, 5.41) is 0. The Labute approximate surface area is 128 Å². The third-order valence-electron chi connectivity index (χ3n) is 4.56. The molecule has 1 aromatic rings. The Bertz CT molecular complexity index is 452. The van der Waals surface area contributed by atoms with Crippen LogP contribution in [0.3, 0.4) is 0 Å². The van der Waals surface area contributed by atoms with Crippen LogP contribution in [0.4, 0.5) is 0 Å². The Morgan fingerprint density at radius 1 is 1.33 bits per heavy atom. The van der Waals surface area contributed by atoms with Crippen molar-refractivity contribution in [3.8, 4) is 0 Å². The zero-order valence-corrected chi connectivity index (χ0v) is 13.5.